The molecule has 0 radical (unpaired) electrons. The molecular formula is C22H23ClF3N3O3. The number of aryl methyl sites for hydroxylation is 1. The highest BCUT2D eigenvalue weighted by Gasteiger charge is 2.35. The third-order valence-electron chi connectivity index (χ3n) is 5.26. The van der Waals surface area contributed by atoms with Crippen LogP contribution in [0.1, 0.15) is 11.1 Å². The van der Waals surface area contributed by atoms with Gasteiger partial charge in [0.05, 0.1) is 11.4 Å². The molecule has 1 aliphatic heterocycles. The lowest BCUT2D eigenvalue weighted by atomic mass is 10.1. The summed E-state index contributed by atoms with van der Waals surface area (Å²) in [6.45, 7) is 1.36. The number of nitrogens with zero attached hydrogens (tertiary/aromatic N) is 2. The molecule has 2 aromatic carbocycles. The van der Waals surface area contributed by atoms with E-state index in [2.05, 4.69) is 0 Å². The first kappa shape index (κ1) is 23.7. The first-order chi connectivity index (χ1) is 15.1. The first-order valence-corrected chi connectivity index (χ1v) is 10.3. The van der Waals surface area contributed by atoms with Crippen LogP contribution in [0.2, 0.25) is 5.02 Å². The average Bonchev–Trinajstić information content (AvgIpc) is 2.72. The van der Waals surface area contributed by atoms with E-state index >= 15 is 0 Å². The maximum atomic E-state index is 13.0. The van der Waals surface area contributed by atoms with Gasteiger partial charge >= 0.3 is 6.18 Å². The summed E-state index contributed by atoms with van der Waals surface area (Å²) in [5.74, 6) is -1.30. The van der Waals surface area contributed by atoms with Gasteiger partial charge in [0.1, 0.15) is 11.8 Å². The molecule has 1 atom stereocenters. The van der Waals surface area contributed by atoms with Gasteiger partial charge in [0, 0.05) is 30.9 Å². The molecule has 0 aromatic heterocycles. The van der Waals surface area contributed by atoms with Gasteiger partial charge in [-0.25, -0.2) is 0 Å². The summed E-state index contributed by atoms with van der Waals surface area (Å²) in [4.78, 5) is 28.5. The molecule has 10 heteroatoms. The lowest BCUT2D eigenvalue weighted by Crippen LogP contribution is -2.60. The molecule has 2 N–H and O–H groups in total. The number of piperazine rings is 1. The Morgan fingerprint density at radius 3 is 2.53 bits per heavy atom. The number of halogens is 4. The number of alkyl halides is 3. The number of primary amides is 1. The molecule has 1 aliphatic rings. The molecule has 1 heterocycles. The summed E-state index contributed by atoms with van der Waals surface area (Å²) >= 11 is 6.01. The van der Waals surface area contributed by atoms with Gasteiger partial charge in [0.25, 0.3) is 0 Å². The highest BCUT2D eigenvalue weighted by molar-refractivity contribution is 6.32. The number of ether oxygens (including phenoxy) is 1. The summed E-state index contributed by atoms with van der Waals surface area (Å²) in [6.07, 6.45) is -4.83. The number of benzene rings is 2. The largest absolute Gasteiger partial charge is 0.482 e. The maximum absolute atomic E-state index is 13.0. The molecule has 172 valence electrons. The number of hydrogen-bond donors (Lipinski definition) is 1. The zero-order valence-electron chi connectivity index (χ0n) is 17.4. The van der Waals surface area contributed by atoms with E-state index < -0.39 is 30.6 Å². The maximum Gasteiger partial charge on any atom is 0.422 e. The van der Waals surface area contributed by atoms with Crippen molar-refractivity contribution in [3.05, 3.63) is 58.6 Å². The Hall–Kier alpha value is -2.94. The number of hydrogen-bond acceptors (Lipinski definition) is 4. The SMILES string of the molecule is Cc1ccccc1N1CCN(C(=O)Cc2cccc(Cl)c2OCC(F)(F)F)C(C(N)=O)C1. The van der Waals surface area contributed by atoms with Gasteiger partial charge in [-0.15, -0.1) is 0 Å². The lowest BCUT2D eigenvalue weighted by Gasteiger charge is -2.41. The van der Waals surface area contributed by atoms with Crippen molar-refractivity contribution in [1.29, 1.82) is 0 Å². The highest BCUT2D eigenvalue weighted by Crippen LogP contribution is 2.31. The Bertz CT molecular complexity index is 1000. The van der Waals surface area contributed by atoms with E-state index in [1.807, 2.05) is 36.1 Å². The number of nitrogens with two attached hydrogens (primary N) is 1. The summed E-state index contributed by atoms with van der Waals surface area (Å²) in [6, 6.07) is 11.2. The molecule has 32 heavy (non-hydrogen) atoms. The molecule has 1 unspecified atom stereocenters. The van der Waals surface area contributed by atoms with Crippen LogP contribution in [0, 0.1) is 6.92 Å². The first-order valence-electron chi connectivity index (χ1n) is 9.93. The highest BCUT2D eigenvalue weighted by atomic mass is 35.5. The van der Waals surface area contributed by atoms with Gasteiger partial charge in [-0.05, 0) is 24.6 Å². The van der Waals surface area contributed by atoms with E-state index in [9.17, 15) is 22.8 Å². The topological polar surface area (TPSA) is 75.9 Å². The van der Waals surface area contributed by atoms with Crippen LogP contribution in [0.15, 0.2) is 42.5 Å². The summed E-state index contributed by atoms with van der Waals surface area (Å²) in [5.41, 5.74) is 7.77. The molecule has 0 spiro atoms. The van der Waals surface area contributed by atoms with Crippen LogP contribution in [0.5, 0.6) is 5.75 Å². The van der Waals surface area contributed by atoms with E-state index in [-0.39, 0.29) is 35.8 Å². The van der Waals surface area contributed by atoms with E-state index in [1.54, 1.807) is 0 Å². The normalized spacial score (nSPS) is 16.7. The fourth-order valence-electron chi connectivity index (χ4n) is 3.73. The Balaban J connectivity index is 1.77. The lowest BCUT2D eigenvalue weighted by molar-refractivity contribution is -0.153. The van der Waals surface area contributed by atoms with E-state index in [0.717, 1.165) is 11.3 Å². The van der Waals surface area contributed by atoms with Crippen molar-refractivity contribution >= 4 is 29.1 Å². The van der Waals surface area contributed by atoms with Crippen molar-refractivity contribution in [2.24, 2.45) is 5.73 Å². The van der Waals surface area contributed by atoms with Crippen LogP contribution in [0.25, 0.3) is 0 Å². The van der Waals surface area contributed by atoms with Crippen molar-refractivity contribution in [2.45, 2.75) is 25.6 Å². The van der Waals surface area contributed by atoms with Gasteiger partial charge in [0.2, 0.25) is 11.8 Å². The molecule has 1 fully saturated rings. The van der Waals surface area contributed by atoms with Crippen molar-refractivity contribution in [2.75, 3.05) is 31.1 Å². The number of para-hydroxylation sites is 2. The van der Waals surface area contributed by atoms with Crippen LogP contribution in [0.3, 0.4) is 0 Å². The van der Waals surface area contributed by atoms with Gasteiger partial charge in [-0.2, -0.15) is 13.2 Å². The van der Waals surface area contributed by atoms with E-state index in [1.165, 1.54) is 23.1 Å². The molecule has 1 saturated heterocycles. The second-order valence-electron chi connectivity index (χ2n) is 7.55. The van der Waals surface area contributed by atoms with Gasteiger partial charge in [-0.1, -0.05) is 41.9 Å². The van der Waals surface area contributed by atoms with Crippen LogP contribution in [0.4, 0.5) is 18.9 Å². The quantitative estimate of drug-likeness (QED) is 0.704. The summed E-state index contributed by atoms with van der Waals surface area (Å²) < 4.78 is 42.7. The zero-order valence-corrected chi connectivity index (χ0v) is 18.1. The molecule has 0 saturated carbocycles. The number of rotatable bonds is 6. The fraction of sp³-hybridized carbons (Fsp3) is 0.364. The van der Waals surface area contributed by atoms with Crippen molar-refractivity contribution in [1.82, 2.24) is 4.90 Å². The van der Waals surface area contributed by atoms with Crippen LogP contribution in [-0.2, 0) is 16.0 Å². The number of amides is 2. The minimum atomic E-state index is -4.55. The van der Waals surface area contributed by atoms with E-state index in [0.29, 0.717) is 6.54 Å². The monoisotopic (exact) mass is 469 g/mol. The third-order valence-corrected chi connectivity index (χ3v) is 5.55. The molecule has 0 bridgehead atoms. The number of carbonyl (C=O) groups is 2. The zero-order chi connectivity index (χ0) is 23.5. The standard InChI is InChI=1S/C22H23ClF3N3O3/c1-14-5-2-3-8-17(14)28-9-10-29(18(12-28)21(27)31)19(30)11-15-6-4-7-16(23)20(15)32-13-22(24,25)26/h2-8,18H,9-13H2,1H3,(H2,27,31). The molecule has 2 aromatic rings. The van der Waals surface area contributed by atoms with Gasteiger partial charge in [-0.3, -0.25) is 9.59 Å². The van der Waals surface area contributed by atoms with Crippen LogP contribution >= 0.6 is 11.6 Å². The Morgan fingerprint density at radius 2 is 1.88 bits per heavy atom. The summed E-state index contributed by atoms with van der Waals surface area (Å²) in [7, 11) is 0. The smallest absolute Gasteiger partial charge is 0.422 e. The second kappa shape index (κ2) is 9.68. The molecule has 0 aliphatic carbocycles. The Kier molecular flexibility index (Phi) is 7.18. The second-order valence-corrected chi connectivity index (χ2v) is 7.95. The molecule has 3 rings (SSSR count). The van der Waals surface area contributed by atoms with Crippen LogP contribution < -0.4 is 15.4 Å². The predicted molar refractivity (Wildman–Crippen MR) is 115 cm³/mol. The molecule has 2 amide bonds. The number of anilines is 1. The predicted octanol–water partition coefficient (Wildman–Crippen LogP) is 3.33. The van der Waals surface area contributed by atoms with Gasteiger partial charge < -0.3 is 20.3 Å². The van der Waals surface area contributed by atoms with Crippen molar-refractivity contribution < 1.29 is 27.5 Å². The minimum Gasteiger partial charge on any atom is -0.482 e. The minimum absolute atomic E-state index is 0.0321. The van der Waals surface area contributed by atoms with Crippen molar-refractivity contribution in [3.63, 3.8) is 0 Å². The average molecular weight is 470 g/mol. The fourth-order valence-corrected chi connectivity index (χ4v) is 3.98. The van der Waals surface area contributed by atoms with E-state index in [4.69, 9.17) is 22.1 Å². The Labute approximate surface area is 188 Å². The summed E-state index contributed by atoms with van der Waals surface area (Å²) in [5, 5.41) is -0.0321. The number of carbonyl (C=O) groups excluding carboxylic acids is 2. The third kappa shape index (κ3) is 5.64. The van der Waals surface area contributed by atoms with Gasteiger partial charge in [0.15, 0.2) is 6.61 Å². The van der Waals surface area contributed by atoms with Crippen LogP contribution in [-0.4, -0.2) is 55.2 Å². The molecule has 6 nitrogen and oxygen atoms in total. The Morgan fingerprint density at radius 1 is 1.16 bits per heavy atom. The van der Waals surface area contributed by atoms with Crippen molar-refractivity contribution in [3.8, 4) is 5.75 Å². The molecular weight excluding hydrogens is 447 g/mol.